The second-order valence-electron chi connectivity index (χ2n) is 7.32. The molecule has 2 amide bonds. The van der Waals surface area contributed by atoms with Crippen molar-refractivity contribution in [2.75, 3.05) is 29.4 Å². The Morgan fingerprint density at radius 1 is 1.35 bits per heavy atom. The standard InChI is InChI=1S/C20H24FN5O3.C2H6/c1-3-25-11-14-10-24(7-6-18(14)23-25)19-5-4-15(8-17(19)21)26-12-16(29-20(26)28)9-22-13(2)27;1-2/h4-5,8,11,16H,3,6-7,9-10,12H2,1-2H3,(H,22,27);1-2H3. The van der Waals surface area contributed by atoms with Crippen LogP contribution in [0, 0.1) is 5.82 Å². The van der Waals surface area contributed by atoms with Gasteiger partial charge >= 0.3 is 6.09 Å². The van der Waals surface area contributed by atoms with Gasteiger partial charge in [-0.15, -0.1) is 0 Å². The molecule has 2 aliphatic rings. The summed E-state index contributed by atoms with van der Waals surface area (Å²) < 4.78 is 22.1. The van der Waals surface area contributed by atoms with Crippen LogP contribution in [0.2, 0.25) is 0 Å². The maximum Gasteiger partial charge on any atom is 0.414 e. The second-order valence-corrected chi connectivity index (χ2v) is 7.32. The largest absolute Gasteiger partial charge is 0.442 e. The average Bonchev–Trinajstić information content (AvgIpc) is 3.35. The van der Waals surface area contributed by atoms with E-state index in [2.05, 4.69) is 10.4 Å². The number of cyclic esters (lactones) is 1. The van der Waals surface area contributed by atoms with Gasteiger partial charge in [0.2, 0.25) is 5.91 Å². The summed E-state index contributed by atoms with van der Waals surface area (Å²) in [6.07, 6.45) is 1.79. The first-order valence-corrected chi connectivity index (χ1v) is 10.8. The molecule has 8 nitrogen and oxygen atoms in total. The van der Waals surface area contributed by atoms with Crippen molar-refractivity contribution in [1.82, 2.24) is 15.1 Å². The summed E-state index contributed by atoms with van der Waals surface area (Å²) in [5.41, 5.74) is 3.14. The number of nitrogens with zero attached hydrogens (tertiary/aromatic N) is 4. The number of ether oxygens (including phenoxy) is 1. The number of hydrogen-bond donors (Lipinski definition) is 1. The van der Waals surface area contributed by atoms with Crippen LogP contribution >= 0.6 is 0 Å². The van der Waals surface area contributed by atoms with Gasteiger partial charge in [-0.2, -0.15) is 5.10 Å². The van der Waals surface area contributed by atoms with Gasteiger partial charge in [0.05, 0.1) is 30.2 Å². The molecule has 9 heteroatoms. The van der Waals surface area contributed by atoms with E-state index < -0.39 is 12.2 Å². The highest BCUT2D eigenvalue weighted by atomic mass is 19.1. The molecule has 1 aromatic heterocycles. The van der Waals surface area contributed by atoms with Gasteiger partial charge in [-0.25, -0.2) is 9.18 Å². The number of anilines is 2. The van der Waals surface area contributed by atoms with Crippen molar-refractivity contribution in [3.8, 4) is 0 Å². The number of fused-ring (bicyclic) bond motifs is 1. The summed E-state index contributed by atoms with van der Waals surface area (Å²) in [6, 6.07) is 4.79. The van der Waals surface area contributed by atoms with Crippen molar-refractivity contribution in [2.24, 2.45) is 0 Å². The maximum atomic E-state index is 14.9. The number of carbonyl (C=O) groups is 2. The zero-order chi connectivity index (χ0) is 22.5. The molecular weight excluding hydrogens is 401 g/mol. The fraction of sp³-hybridized carbons (Fsp3) is 0.500. The van der Waals surface area contributed by atoms with E-state index >= 15 is 0 Å². The fourth-order valence-electron chi connectivity index (χ4n) is 3.75. The van der Waals surface area contributed by atoms with Crippen LogP contribution in [0.3, 0.4) is 0 Å². The lowest BCUT2D eigenvalue weighted by Crippen LogP contribution is -2.33. The second kappa shape index (κ2) is 9.80. The van der Waals surface area contributed by atoms with Crippen LogP contribution in [0.1, 0.15) is 39.0 Å². The van der Waals surface area contributed by atoms with Crippen molar-refractivity contribution < 1.29 is 18.7 Å². The van der Waals surface area contributed by atoms with Crippen LogP contribution in [-0.2, 0) is 29.0 Å². The van der Waals surface area contributed by atoms with Crippen molar-refractivity contribution in [1.29, 1.82) is 0 Å². The summed E-state index contributed by atoms with van der Waals surface area (Å²) in [4.78, 5) is 26.6. The van der Waals surface area contributed by atoms with Crippen molar-refractivity contribution >= 4 is 23.4 Å². The highest BCUT2D eigenvalue weighted by Crippen LogP contribution is 2.30. The molecule has 1 atom stereocenters. The van der Waals surface area contributed by atoms with E-state index in [1.54, 1.807) is 12.1 Å². The number of benzene rings is 1. The highest BCUT2D eigenvalue weighted by molar-refractivity contribution is 5.90. The van der Waals surface area contributed by atoms with E-state index in [1.165, 1.54) is 17.9 Å². The van der Waals surface area contributed by atoms with Crippen LogP contribution in [0.25, 0.3) is 0 Å². The zero-order valence-corrected chi connectivity index (χ0v) is 18.5. The molecule has 1 N–H and O–H groups in total. The van der Waals surface area contributed by atoms with Gasteiger partial charge in [0.15, 0.2) is 0 Å². The first kappa shape index (κ1) is 22.6. The van der Waals surface area contributed by atoms with Crippen LogP contribution in [-0.4, -0.2) is 47.5 Å². The van der Waals surface area contributed by atoms with Crippen LogP contribution in [0.5, 0.6) is 0 Å². The number of aryl methyl sites for hydroxylation is 1. The molecule has 0 saturated carbocycles. The number of halogens is 1. The molecule has 1 unspecified atom stereocenters. The van der Waals surface area contributed by atoms with E-state index in [4.69, 9.17) is 4.74 Å². The third-order valence-corrected chi connectivity index (χ3v) is 5.26. The Bertz CT molecular complexity index is 945. The van der Waals surface area contributed by atoms with Crippen LogP contribution in [0.15, 0.2) is 24.4 Å². The third kappa shape index (κ3) is 4.98. The first-order chi connectivity index (χ1) is 14.9. The minimum atomic E-state index is -0.540. The van der Waals surface area contributed by atoms with Gasteiger partial charge in [-0.3, -0.25) is 14.4 Å². The monoisotopic (exact) mass is 431 g/mol. The van der Waals surface area contributed by atoms with Crippen molar-refractivity contribution in [2.45, 2.75) is 53.3 Å². The third-order valence-electron chi connectivity index (χ3n) is 5.26. The Morgan fingerprint density at radius 3 is 2.81 bits per heavy atom. The normalized spacial score (nSPS) is 17.6. The van der Waals surface area contributed by atoms with Gasteiger partial charge in [0.1, 0.15) is 11.9 Å². The zero-order valence-electron chi connectivity index (χ0n) is 18.5. The van der Waals surface area contributed by atoms with E-state index in [0.717, 1.165) is 24.2 Å². The molecular formula is C22H30FN5O3. The fourth-order valence-corrected chi connectivity index (χ4v) is 3.75. The van der Waals surface area contributed by atoms with Gasteiger partial charge < -0.3 is 15.0 Å². The Kier molecular flexibility index (Phi) is 7.14. The molecule has 0 aliphatic carbocycles. The quantitative estimate of drug-likeness (QED) is 0.787. The lowest BCUT2D eigenvalue weighted by Gasteiger charge is -2.29. The first-order valence-electron chi connectivity index (χ1n) is 10.8. The highest BCUT2D eigenvalue weighted by Gasteiger charge is 2.33. The minimum Gasteiger partial charge on any atom is -0.442 e. The van der Waals surface area contributed by atoms with Gasteiger partial charge in [0, 0.05) is 44.7 Å². The summed E-state index contributed by atoms with van der Waals surface area (Å²) in [5.74, 6) is -0.573. The molecule has 4 rings (SSSR count). The smallest absolute Gasteiger partial charge is 0.414 e. The van der Waals surface area contributed by atoms with Gasteiger partial charge in [-0.1, -0.05) is 13.8 Å². The minimum absolute atomic E-state index is 0.191. The molecule has 0 radical (unpaired) electrons. The number of nitrogens with one attached hydrogen (secondary N) is 1. The Morgan fingerprint density at radius 2 is 2.13 bits per heavy atom. The van der Waals surface area contributed by atoms with Crippen molar-refractivity contribution in [3.63, 3.8) is 0 Å². The van der Waals surface area contributed by atoms with E-state index in [1.807, 2.05) is 36.5 Å². The molecule has 1 aromatic carbocycles. The number of amides is 2. The Balaban J connectivity index is 0.00000132. The number of rotatable bonds is 5. The predicted octanol–water partition coefficient (Wildman–Crippen LogP) is 3.09. The average molecular weight is 432 g/mol. The Hall–Kier alpha value is -3.10. The SMILES string of the molecule is CC.CCn1cc2c(n1)CCN(c1ccc(N3CC(CNC(C)=O)OC3=O)cc1F)C2. The maximum absolute atomic E-state index is 14.9. The van der Waals surface area contributed by atoms with Crippen LogP contribution in [0.4, 0.5) is 20.6 Å². The summed E-state index contributed by atoms with van der Waals surface area (Å²) in [6.45, 7) is 10.1. The van der Waals surface area contributed by atoms with Crippen molar-refractivity contribution in [3.05, 3.63) is 41.5 Å². The van der Waals surface area contributed by atoms with Gasteiger partial charge in [0.25, 0.3) is 0 Å². The molecule has 0 bridgehead atoms. The molecule has 168 valence electrons. The summed E-state index contributed by atoms with van der Waals surface area (Å²) in [7, 11) is 0. The molecule has 3 heterocycles. The van der Waals surface area contributed by atoms with E-state index in [0.29, 0.717) is 24.5 Å². The Labute approximate surface area is 182 Å². The van der Waals surface area contributed by atoms with Crippen LogP contribution < -0.4 is 15.1 Å². The van der Waals surface area contributed by atoms with Gasteiger partial charge in [-0.05, 0) is 25.1 Å². The molecule has 2 aliphatic heterocycles. The topological polar surface area (TPSA) is 79.7 Å². The van der Waals surface area contributed by atoms with E-state index in [-0.39, 0.29) is 24.8 Å². The molecule has 1 fully saturated rings. The summed E-state index contributed by atoms with van der Waals surface area (Å²) >= 11 is 0. The molecule has 2 aromatic rings. The lowest BCUT2D eigenvalue weighted by atomic mass is 10.1. The number of carbonyl (C=O) groups excluding carboxylic acids is 2. The predicted molar refractivity (Wildman–Crippen MR) is 117 cm³/mol. The van der Waals surface area contributed by atoms with E-state index in [9.17, 15) is 14.0 Å². The summed E-state index contributed by atoms with van der Waals surface area (Å²) in [5, 5.41) is 7.17. The number of aromatic nitrogens is 2. The number of hydrogen-bond acceptors (Lipinski definition) is 5. The molecule has 0 spiro atoms. The molecule has 31 heavy (non-hydrogen) atoms. The lowest BCUT2D eigenvalue weighted by molar-refractivity contribution is -0.119. The molecule has 1 saturated heterocycles.